The molecular formula is C22H25ClN2O4. The number of hydrogen-bond acceptors (Lipinski definition) is 5. The van der Waals surface area contributed by atoms with Crippen LogP contribution in [0.2, 0.25) is 5.02 Å². The van der Waals surface area contributed by atoms with E-state index < -0.39 is 11.9 Å². The third-order valence-electron chi connectivity index (χ3n) is 4.98. The molecule has 2 aromatic rings. The average molecular weight is 417 g/mol. The van der Waals surface area contributed by atoms with Crippen LogP contribution in [0, 0.1) is 0 Å². The Morgan fingerprint density at radius 1 is 1.28 bits per heavy atom. The minimum Gasteiger partial charge on any atom is -0.462 e. The van der Waals surface area contributed by atoms with E-state index in [1.165, 1.54) is 0 Å². The van der Waals surface area contributed by atoms with Gasteiger partial charge in [-0.05, 0) is 31.9 Å². The van der Waals surface area contributed by atoms with Crippen molar-refractivity contribution in [3.63, 3.8) is 0 Å². The highest BCUT2D eigenvalue weighted by Gasteiger charge is 2.39. The Morgan fingerprint density at radius 2 is 2.00 bits per heavy atom. The second kappa shape index (κ2) is 8.74. The van der Waals surface area contributed by atoms with Crippen molar-refractivity contribution >= 4 is 17.6 Å². The molecule has 6 nitrogen and oxygen atoms in total. The largest absolute Gasteiger partial charge is 0.462 e. The number of aromatic nitrogens is 1. The molecule has 7 heteroatoms. The first-order valence-corrected chi connectivity index (χ1v) is 10.2. The Morgan fingerprint density at radius 3 is 2.62 bits per heavy atom. The van der Waals surface area contributed by atoms with Gasteiger partial charge in [-0.15, -0.1) is 0 Å². The maximum Gasteiger partial charge on any atom is 0.340 e. The van der Waals surface area contributed by atoms with Crippen LogP contribution in [0.15, 0.2) is 46.6 Å². The van der Waals surface area contributed by atoms with Gasteiger partial charge in [0, 0.05) is 23.3 Å². The van der Waals surface area contributed by atoms with Gasteiger partial charge >= 0.3 is 5.97 Å². The fraction of sp³-hybridized carbons (Fsp3) is 0.364. The number of ether oxygens (including phenoxy) is 2. The zero-order valence-corrected chi connectivity index (χ0v) is 17.6. The number of benzene rings is 1. The van der Waals surface area contributed by atoms with Crippen molar-refractivity contribution in [1.29, 1.82) is 0 Å². The summed E-state index contributed by atoms with van der Waals surface area (Å²) in [5, 5.41) is 0.431. The molecule has 1 atom stereocenters. The number of fused-ring (bicyclic) bond motifs is 1. The highest BCUT2D eigenvalue weighted by atomic mass is 35.5. The molecule has 0 aliphatic carbocycles. The van der Waals surface area contributed by atoms with Gasteiger partial charge in [0.2, 0.25) is 5.88 Å². The van der Waals surface area contributed by atoms with E-state index >= 15 is 0 Å². The number of halogens is 1. The molecule has 154 valence electrons. The van der Waals surface area contributed by atoms with E-state index in [0.717, 1.165) is 18.5 Å². The van der Waals surface area contributed by atoms with Crippen molar-refractivity contribution < 1.29 is 14.3 Å². The number of esters is 1. The quantitative estimate of drug-likeness (QED) is 0.725. The van der Waals surface area contributed by atoms with Crippen molar-refractivity contribution in [2.75, 3.05) is 6.61 Å². The number of nitrogens with zero attached hydrogens (tertiary/aromatic N) is 1. The molecule has 1 unspecified atom stereocenters. The summed E-state index contributed by atoms with van der Waals surface area (Å²) in [6.45, 7) is 6.34. The molecule has 29 heavy (non-hydrogen) atoms. The Balaban J connectivity index is 2.34. The molecule has 1 aliphatic rings. The molecule has 0 spiro atoms. The first-order valence-electron chi connectivity index (χ1n) is 9.80. The summed E-state index contributed by atoms with van der Waals surface area (Å²) in [5.41, 5.74) is 7.84. The first kappa shape index (κ1) is 21.0. The van der Waals surface area contributed by atoms with Gasteiger partial charge in [0.05, 0.1) is 18.1 Å². The van der Waals surface area contributed by atoms with Gasteiger partial charge in [0.15, 0.2) is 0 Å². The molecule has 0 fully saturated rings. The maximum atomic E-state index is 13.5. The van der Waals surface area contributed by atoms with Crippen LogP contribution in [-0.2, 0) is 22.5 Å². The Hall–Kier alpha value is -2.73. The number of rotatable bonds is 6. The topological polar surface area (TPSA) is 83.5 Å². The molecule has 2 N–H and O–H groups in total. The molecule has 1 aromatic heterocycles. The van der Waals surface area contributed by atoms with Crippen LogP contribution in [0.3, 0.4) is 0 Å². The van der Waals surface area contributed by atoms with Crippen molar-refractivity contribution in [1.82, 2.24) is 4.57 Å². The van der Waals surface area contributed by atoms with E-state index in [-0.39, 0.29) is 23.6 Å². The van der Waals surface area contributed by atoms with Crippen LogP contribution in [-0.4, -0.2) is 17.1 Å². The number of nitrogens with two attached hydrogens (primary N) is 1. The van der Waals surface area contributed by atoms with Crippen LogP contribution >= 0.6 is 11.6 Å². The second-order valence-electron chi connectivity index (χ2n) is 6.77. The standard InChI is InChI=1S/C22H25ClN2O4/c1-4-9-13-12-16-18(21(26)25(13)5-2)17(14-10-7-8-11-15(14)23)19(20(24)29-16)22(27)28-6-3/h7-8,10-12,17H,4-6,9,24H2,1-3H3. The lowest BCUT2D eigenvalue weighted by Crippen LogP contribution is -2.35. The van der Waals surface area contributed by atoms with Crippen LogP contribution < -0.4 is 16.0 Å². The van der Waals surface area contributed by atoms with E-state index in [1.54, 1.807) is 35.8 Å². The van der Waals surface area contributed by atoms with Crippen molar-refractivity contribution in [2.45, 2.75) is 46.1 Å². The molecule has 0 amide bonds. The van der Waals surface area contributed by atoms with Gasteiger partial charge in [-0.3, -0.25) is 4.79 Å². The van der Waals surface area contributed by atoms with Gasteiger partial charge in [-0.2, -0.15) is 0 Å². The molecule has 3 rings (SSSR count). The van der Waals surface area contributed by atoms with Crippen molar-refractivity contribution in [3.05, 3.63) is 74.0 Å². The summed E-state index contributed by atoms with van der Waals surface area (Å²) in [7, 11) is 0. The number of hydrogen-bond donors (Lipinski definition) is 1. The molecule has 0 saturated carbocycles. The highest BCUT2D eigenvalue weighted by Crippen LogP contribution is 2.43. The van der Waals surface area contributed by atoms with E-state index in [2.05, 4.69) is 0 Å². The number of pyridine rings is 1. The minimum atomic E-state index is -0.771. The predicted octanol–water partition coefficient (Wildman–Crippen LogP) is 3.73. The maximum absolute atomic E-state index is 13.5. The summed E-state index contributed by atoms with van der Waals surface area (Å²) >= 11 is 6.46. The SMILES string of the molecule is CCCc1cc2c(c(=O)n1CC)C(c1ccccc1Cl)C(C(=O)OCC)=C(N)O2. The van der Waals surface area contributed by atoms with Crippen molar-refractivity contribution in [3.8, 4) is 5.75 Å². The average Bonchev–Trinajstić information content (AvgIpc) is 2.68. The Kier molecular flexibility index (Phi) is 6.33. The summed E-state index contributed by atoms with van der Waals surface area (Å²) in [4.78, 5) is 26.2. The van der Waals surface area contributed by atoms with Crippen LogP contribution in [0.4, 0.5) is 0 Å². The van der Waals surface area contributed by atoms with Crippen LogP contribution in [0.5, 0.6) is 5.75 Å². The van der Waals surface area contributed by atoms with Gasteiger partial charge in [-0.1, -0.05) is 43.1 Å². The highest BCUT2D eigenvalue weighted by molar-refractivity contribution is 6.31. The second-order valence-corrected chi connectivity index (χ2v) is 7.18. The van der Waals surface area contributed by atoms with Gasteiger partial charge in [0.1, 0.15) is 11.3 Å². The zero-order chi connectivity index (χ0) is 21.1. The zero-order valence-electron chi connectivity index (χ0n) is 16.8. The predicted molar refractivity (Wildman–Crippen MR) is 112 cm³/mol. The number of aryl methyl sites for hydroxylation is 1. The van der Waals surface area contributed by atoms with E-state index in [0.29, 0.717) is 28.4 Å². The minimum absolute atomic E-state index is 0.0723. The number of carbonyl (C=O) groups is 1. The monoisotopic (exact) mass is 416 g/mol. The summed E-state index contributed by atoms with van der Waals surface area (Å²) < 4.78 is 12.7. The Labute approximate surface area is 174 Å². The molecule has 1 aliphatic heterocycles. The molecular weight excluding hydrogens is 392 g/mol. The summed E-state index contributed by atoms with van der Waals surface area (Å²) in [6, 6.07) is 8.93. The third kappa shape index (κ3) is 3.77. The van der Waals surface area contributed by atoms with Crippen LogP contribution in [0.25, 0.3) is 0 Å². The summed E-state index contributed by atoms with van der Waals surface area (Å²) in [6.07, 6.45) is 1.61. The Bertz CT molecular complexity index is 1030. The van der Waals surface area contributed by atoms with Gasteiger partial charge in [-0.25, -0.2) is 4.79 Å². The van der Waals surface area contributed by atoms with E-state index in [1.807, 2.05) is 19.9 Å². The molecule has 0 bridgehead atoms. The normalized spacial score (nSPS) is 15.7. The lowest BCUT2D eigenvalue weighted by atomic mass is 9.83. The first-order chi connectivity index (χ1) is 13.9. The van der Waals surface area contributed by atoms with E-state index in [9.17, 15) is 9.59 Å². The van der Waals surface area contributed by atoms with Crippen LogP contribution in [0.1, 0.15) is 49.9 Å². The fourth-order valence-corrected chi connectivity index (χ4v) is 4.00. The molecule has 1 aromatic carbocycles. The number of carbonyl (C=O) groups excluding carboxylic acids is 1. The fourth-order valence-electron chi connectivity index (χ4n) is 3.76. The molecule has 0 saturated heterocycles. The van der Waals surface area contributed by atoms with Crippen molar-refractivity contribution in [2.24, 2.45) is 5.73 Å². The third-order valence-corrected chi connectivity index (χ3v) is 5.33. The smallest absolute Gasteiger partial charge is 0.340 e. The van der Waals surface area contributed by atoms with Gasteiger partial charge < -0.3 is 19.8 Å². The molecule has 2 heterocycles. The lowest BCUT2D eigenvalue weighted by molar-refractivity contribution is -0.139. The summed E-state index contributed by atoms with van der Waals surface area (Å²) in [5.74, 6) is -1.11. The van der Waals surface area contributed by atoms with E-state index in [4.69, 9.17) is 26.8 Å². The van der Waals surface area contributed by atoms with Gasteiger partial charge in [0.25, 0.3) is 5.56 Å². The lowest BCUT2D eigenvalue weighted by Gasteiger charge is -2.29. The molecule has 0 radical (unpaired) electrons.